The Labute approximate surface area is 178 Å². The summed E-state index contributed by atoms with van der Waals surface area (Å²) in [5, 5.41) is 10.8. The Morgan fingerprint density at radius 1 is 0.938 bits per heavy atom. The van der Waals surface area contributed by atoms with Gasteiger partial charge in [0.25, 0.3) is 0 Å². The van der Waals surface area contributed by atoms with E-state index in [1.54, 1.807) is 0 Å². The summed E-state index contributed by atoms with van der Waals surface area (Å²) in [6.45, 7) is 0. The SMILES string of the molecule is COC(=O)c1ccc(OC(=O)c2cnn(-c3ccc(OC)nn3)c2C(F)(F)F)c(OC)c1. The molecule has 0 atom stereocenters. The summed E-state index contributed by atoms with van der Waals surface area (Å²) >= 11 is 0. The van der Waals surface area contributed by atoms with Crippen LogP contribution in [0, 0.1) is 0 Å². The van der Waals surface area contributed by atoms with Gasteiger partial charge in [-0.25, -0.2) is 14.3 Å². The minimum Gasteiger partial charge on any atom is -0.493 e. The van der Waals surface area contributed by atoms with Crippen molar-refractivity contribution in [2.75, 3.05) is 21.3 Å². The fourth-order valence-corrected chi connectivity index (χ4v) is 2.63. The third kappa shape index (κ3) is 4.45. The molecule has 1 aromatic carbocycles. The molecule has 32 heavy (non-hydrogen) atoms. The summed E-state index contributed by atoms with van der Waals surface area (Å²) in [4.78, 5) is 24.2. The van der Waals surface area contributed by atoms with Crippen LogP contribution in [-0.2, 0) is 10.9 Å². The zero-order valence-electron chi connectivity index (χ0n) is 16.8. The highest BCUT2D eigenvalue weighted by Crippen LogP contribution is 2.35. The zero-order chi connectivity index (χ0) is 23.5. The molecule has 0 aliphatic carbocycles. The molecule has 168 valence electrons. The van der Waals surface area contributed by atoms with Crippen LogP contribution in [0.1, 0.15) is 26.4 Å². The predicted octanol–water partition coefficient (Wildman–Crippen LogP) is 2.70. The van der Waals surface area contributed by atoms with E-state index in [1.165, 1.54) is 51.7 Å². The summed E-state index contributed by atoms with van der Waals surface area (Å²) in [5.41, 5.74) is -2.19. The van der Waals surface area contributed by atoms with Crippen molar-refractivity contribution in [2.45, 2.75) is 6.18 Å². The van der Waals surface area contributed by atoms with E-state index in [2.05, 4.69) is 20.0 Å². The number of benzene rings is 1. The summed E-state index contributed by atoms with van der Waals surface area (Å²) in [7, 11) is 3.72. The second kappa shape index (κ2) is 8.91. The highest BCUT2D eigenvalue weighted by atomic mass is 19.4. The van der Waals surface area contributed by atoms with Crippen molar-refractivity contribution in [2.24, 2.45) is 0 Å². The first kappa shape index (κ1) is 22.5. The van der Waals surface area contributed by atoms with Crippen molar-refractivity contribution in [1.29, 1.82) is 0 Å². The lowest BCUT2D eigenvalue weighted by molar-refractivity contribution is -0.143. The Bertz CT molecular complexity index is 1140. The molecule has 0 saturated heterocycles. The molecule has 13 heteroatoms. The minimum atomic E-state index is -4.98. The number of carbonyl (C=O) groups excluding carboxylic acids is 2. The largest absolute Gasteiger partial charge is 0.493 e. The maximum absolute atomic E-state index is 13.8. The Morgan fingerprint density at radius 3 is 2.25 bits per heavy atom. The molecule has 2 aromatic heterocycles. The van der Waals surface area contributed by atoms with Gasteiger partial charge in [0.2, 0.25) is 5.88 Å². The van der Waals surface area contributed by atoms with Gasteiger partial charge in [-0.2, -0.15) is 18.3 Å². The van der Waals surface area contributed by atoms with Gasteiger partial charge in [0.05, 0.1) is 33.1 Å². The molecule has 0 saturated carbocycles. The Hall–Kier alpha value is -4.16. The average Bonchev–Trinajstić information content (AvgIpc) is 3.25. The lowest BCUT2D eigenvalue weighted by atomic mass is 10.2. The monoisotopic (exact) mass is 452 g/mol. The number of hydrogen-bond donors (Lipinski definition) is 0. The summed E-state index contributed by atoms with van der Waals surface area (Å²) in [6.07, 6.45) is -4.28. The average molecular weight is 452 g/mol. The first-order valence-electron chi connectivity index (χ1n) is 8.71. The molecule has 0 radical (unpaired) electrons. The quantitative estimate of drug-likeness (QED) is 0.411. The van der Waals surface area contributed by atoms with Crippen LogP contribution in [-0.4, -0.2) is 53.2 Å². The van der Waals surface area contributed by atoms with Crippen molar-refractivity contribution in [3.05, 3.63) is 53.3 Å². The summed E-state index contributed by atoms with van der Waals surface area (Å²) in [5.74, 6) is -2.52. The smallest absolute Gasteiger partial charge is 0.434 e. The van der Waals surface area contributed by atoms with E-state index in [0.29, 0.717) is 10.9 Å². The molecule has 10 nitrogen and oxygen atoms in total. The Kier molecular flexibility index (Phi) is 6.27. The minimum absolute atomic E-state index is 0.0665. The molecule has 0 fully saturated rings. The van der Waals surface area contributed by atoms with Crippen LogP contribution < -0.4 is 14.2 Å². The van der Waals surface area contributed by atoms with Gasteiger partial charge in [-0.05, 0) is 24.3 Å². The van der Waals surface area contributed by atoms with Crippen LogP contribution in [0.25, 0.3) is 5.82 Å². The van der Waals surface area contributed by atoms with Crippen LogP contribution in [0.4, 0.5) is 13.2 Å². The van der Waals surface area contributed by atoms with Gasteiger partial charge in [0.15, 0.2) is 23.0 Å². The molecule has 3 aromatic rings. The van der Waals surface area contributed by atoms with Crippen molar-refractivity contribution >= 4 is 11.9 Å². The second-order valence-electron chi connectivity index (χ2n) is 6.00. The molecule has 0 bridgehead atoms. The van der Waals surface area contributed by atoms with Gasteiger partial charge in [-0.1, -0.05) is 0 Å². The van der Waals surface area contributed by atoms with Crippen molar-refractivity contribution < 1.29 is 41.7 Å². The number of alkyl halides is 3. The first-order chi connectivity index (χ1) is 15.2. The molecule has 0 spiro atoms. The van der Waals surface area contributed by atoms with E-state index in [4.69, 9.17) is 14.2 Å². The molecule has 0 amide bonds. The van der Waals surface area contributed by atoms with Gasteiger partial charge < -0.3 is 18.9 Å². The molecule has 0 aliphatic heterocycles. The lowest BCUT2D eigenvalue weighted by Gasteiger charge is -2.13. The number of hydrogen-bond acceptors (Lipinski definition) is 9. The molecular weight excluding hydrogens is 437 g/mol. The van der Waals surface area contributed by atoms with E-state index < -0.39 is 29.4 Å². The van der Waals surface area contributed by atoms with E-state index in [0.717, 1.165) is 0 Å². The Morgan fingerprint density at radius 2 is 1.69 bits per heavy atom. The fourth-order valence-electron chi connectivity index (χ4n) is 2.63. The Balaban J connectivity index is 1.98. The highest BCUT2D eigenvalue weighted by Gasteiger charge is 2.41. The normalized spacial score (nSPS) is 11.1. The van der Waals surface area contributed by atoms with Crippen molar-refractivity contribution in [3.8, 4) is 23.2 Å². The van der Waals surface area contributed by atoms with E-state index >= 15 is 0 Å². The number of carbonyl (C=O) groups is 2. The number of ether oxygens (including phenoxy) is 4. The van der Waals surface area contributed by atoms with Gasteiger partial charge in [-0.15, -0.1) is 10.2 Å². The maximum atomic E-state index is 13.8. The number of methoxy groups -OCH3 is 3. The van der Waals surface area contributed by atoms with E-state index in [1.807, 2.05) is 0 Å². The number of esters is 2. The zero-order valence-corrected chi connectivity index (χ0v) is 16.8. The molecule has 0 N–H and O–H groups in total. The molecule has 2 heterocycles. The predicted molar refractivity (Wildman–Crippen MR) is 100 cm³/mol. The summed E-state index contributed by atoms with van der Waals surface area (Å²) < 4.78 is 61.3. The summed E-state index contributed by atoms with van der Waals surface area (Å²) in [6, 6.07) is 6.15. The van der Waals surface area contributed by atoms with Crippen molar-refractivity contribution in [3.63, 3.8) is 0 Å². The van der Waals surface area contributed by atoms with Crippen LogP contribution in [0.2, 0.25) is 0 Å². The second-order valence-corrected chi connectivity index (χ2v) is 6.00. The van der Waals surface area contributed by atoms with Crippen LogP contribution in [0.3, 0.4) is 0 Å². The maximum Gasteiger partial charge on any atom is 0.434 e. The fraction of sp³-hybridized carbons (Fsp3) is 0.211. The van der Waals surface area contributed by atoms with Gasteiger partial charge >= 0.3 is 18.1 Å². The van der Waals surface area contributed by atoms with Crippen molar-refractivity contribution in [1.82, 2.24) is 20.0 Å². The number of nitrogens with zero attached hydrogens (tertiary/aromatic N) is 4. The molecule has 3 rings (SSSR count). The third-order valence-electron chi connectivity index (χ3n) is 4.10. The molecule has 0 aliphatic rings. The third-order valence-corrected chi connectivity index (χ3v) is 4.10. The standard InChI is InChI=1S/C19H15F3N4O6/c1-29-13-8-10(17(27)31-3)4-5-12(13)32-18(28)11-9-23-26(16(11)19(20,21)22)14-6-7-15(30-2)25-24-14/h4-9H,1-3H3. The van der Waals surface area contributed by atoms with E-state index in [9.17, 15) is 22.8 Å². The molecule has 0 unspecified atom stereocenters. The topological polar surface area (TPSA) is 115 Å². The number of rotatable bonds is 6. The van der Waals surface area contributed by atoms with Crippen LogP contribution in [0.15, 0.2) is 36.5 Å². The number of aromatic nitrogens is 4. The van der Waals surface area contributed by atoms with Gasteiger partial charge in [0, 0.05) is 6.07 Å². The lowest BCUT2D eigenvalue weighted by Crippen LogP contribution is -2.20. The van der Waals surface area contributed by atoms with Crippen LogP contribution in [0.5, 0.6) is 17.4 Å². The van der Waals surface area contributed by atoms with Crippen LogP contribution >= 0.6 is 0 Å². The first-order valence-corrected chi connectivity index (χ1v) is 8.71. The van der Waals surface area contributed by atoms with Gasteiger partial charge in [0.1, 0.15) is 5.56 Å². The highest BCUT2D eigenvalue weighted by molar-refractivity contribution is 5.93. The van der Waals surface area contributed by atoms with E-state index in [-0.39, 0.29) is 28.8 Å². The number of halogens is 3. The molecular formula is C19H15F3N4O6. The van der Waals surface area contributed by atoms with Gasteiger partial charge in [-0.3, -0.25) is 0 Å².